The van der Waals surface area contributed by atoms with Crippen LogP contribution in [0.15, 0.2) is 48.8 Å². The Kier molecular flexibility index (Phi) is 10.4. The molecule has 30 heavy (non-hydrogen) atoms. The van der Waals surface area contributed by atoms with Crippen molar-refractivity contribution in [1.29, 1.82) is 0 Å². The topological polar surface area (TPSA) is 145 Å². The summed E-state index contributed by atoms with van der Waals surface area (Å²) in [6.45, 7) is 0. The van der Waals surface area contributed by atoms with Gasteiger partial charge in [0.05, 0.1) is 24.1 Å². The van der Waals surface area contributed by atoms with Crippen LogP contribution in [0.3, 0.4) is 0 Å². The predicted molar refractivity (Wildman–Crippen MR) is 121 cm³/mol. The van der Waals surface area contributed by atoms with Gasteiger partial charge < -0.3 is 19.7 Å². The molecular formula is C19H21IN2O8. The van der Waals surface area contributed by atoms with Gasteiger partial charge in [-0.3, -0.25) is 20.2 Å². The van der Waals surface area contributed by atoms with Crippen LogP contribution < -0.4 is 9.47 Å². The summed E-state index contributed by atoms with van der Waals surface area (Å²) in [5, 5.41) is 38.0. The van der Waals surface area contributed by atoms with Crippen molar-refractivity contribution in [3.63, 3.8) is 0 Å². The van der Waals surface area contributed by atoms with Gasteiger partial charge in [0.15, 0.2) is 23.0 Å². The number of hydrogen-bond acceptors (Lipinski definition) is 8. The van der Waals surface area contributed by atoms with Crippen LogP contribution in [0.25, 0.3) is 12.2 Å². The van der Waals surface area contributed by atoms with Crippen LogP contribution in [0.1, 0.15) is 15.2 Å². The number of halogens is 1. The number of phenolic OH excluding ortho intramolecular Hbond substituents is 2. The number of phenols is 2. The van der Waals surface area contributed by atoms with Gasteiger partial charge in [-0.25, -0.2) is 0 Å². The second-order valence-electron chi connectivity index (χ2n) is 5.06. The number of benzene rings is 2. The Morgan fingerprint density at radius 1 is 0.900 bits per heavy atom. The molecule has 0 fully saturated rings. The van der Waals surface area contributed by atoms with Crippen molar-refractivity contribution < 1.29 is 33.6 Å². The molecule has 0 aromatic heterocycles. The molecule has 0 aliphatic carbocycles. The van der Waals surface area contributed by atoms with Crippen LogP contribution in [0.2, 0.25) is 0 Å². The van der Waals surface area contributed by atoms with E-state index in [4.69, 9.17) is 23.8 Å². The first-order valence-electron chi connectivity index (χ1n) is 9.33. The van der Waals surface area contributed by atoms with E-state index in [2.05, 4.69) is 0 Å². The van der Waals surface area contributed by atoms with Gasteiger partial charge in [-0.15, -0.1) is 0 Å². The van der Waals surface area contributed by atoms with Crippen LogP contribution >= 0.6 is 22.6 Å². The van der Waals surface area contributed by atoms with Crippen LogP contribution in [0, 0.1) is 20.2 Å². The number of hydrogen-bond donors (Lipinski definition) is 2. The van der Waals surface area contributed by atoms with E-state index in [1.165, 1.54) is 67.2 Å². The summed E-state index contributed by atoms with van der Waals surface area (Å²) in [5.41, 5.74) is 1.14. The monoisotopic (exact) mass is 535 g/mol. The summed E-state index contributed by atoms with van der Waals surface area (Å²) < 4.78 is 28.9. The van der Waals surface area contributed by atoms with Gasteiger partial charge in [-0.1, -0.05) is 34.7 Å². The standard InChI is InChI=1S/C10H11NO4.C8H7NO4.CH3I/c1-14-9-4-3-8(5-6-11(12)13)7-10(9)15-2;10-7-2-1-6(5-8(7)11)3-4-9(12)13;1-2/h3-7H,1-2H3;1-5,10-11H;1H3/b6-5+;4-3+;/i;;1D3. The largest absolute Gasteiger partial charge is 0.504 e. The SMILES string of the molecule is COc1ccc(/C=C/[N+](=O)[O-])cc1OC.O=[N+]([O-])/C=C/c1ccc(O)c(O)c1.[2H]C([2H])([2H])I. The minimum absolute atomic E-state index is 0.252. The molecule has 0 atom stereocenters. The highest BCUT2D eigenvalue weighted by Crippen LogP contribution is 2.28. The third-order valence-electron chi connectivity index (χ3n) is 3.18. The number of ether oxygens (including phenoxy) is 2. The van der Waals surface area contributed by atoms with E-state index in [1.807, 2.05) is 0 Å². The van der Waals surface area contributed by atoms with Crippen molar-refractivity contribution in [2.75, 3.05) is 19.1 Å². The zero-order valence-electron chi connectivity index (χ0n) is 18.9. The molecule has 0 aliphatic rings. The van der Waals surface area contributed by atoms with E-state index >= 15 is 0 Å². The van der Waals surface area contributed by atoms with E-state index < -0.39 is 14.7 Å². The molecule has 0 saturated heterocycles. The fraction of sp³-hybridized carbons (Fsp3) is 0.158. The van der Waals surface area contributed by atoms with Crippen LogP contribution in [-0.2, 0) is 0 Å². The quantitative estimate of drug-likeness (QED) is 0.183. The molecule has 2 aromatic rings. The average molecular weight is 535 g/mol. The maximum absolute atomic E-state index is 10.1. The highest BCUT2D eigenvalue weighted by Gasteiger charge is 2.03. The summed E-state index contributed by atoms with van der Waals surface area (Å²) in [6, 6.07) is 9.01. The number of alkyl halides is 1. The normalized spacial score (nSPS) is 11.8. The summed E-state index contributed by atoms with van der Waals surface area (Å²) in [5.74, 6) is 0.586. The van der Waals surface area contributed by atoms with E-state index in [1.54, 1.807) is 18.2 Å². The second kappa shape index (κ2) is 14.6. The molecule has 0 amide bonds. The lowest BCUT2D eigenvalue weighted by Gasteiger charge is -2.07. The van der Waals surface area contributed by atoms with Crippen LogP contribution in [-0.4, -0.2) is 39.1 Å². The van der Waals surface area contributed by atoms with Gasteiger partial charge in [-0.05, 0) is 40.3 Å². The summed E-state index contributed by atoms with van der Waals surface area (Å²) in [6.07, 6.45) is 4.24. The second-order valence-corrected chi connectivity index (χ2v) is 5.06. The Morgan fingerprint density at radius 2 is 1.37 bits per heavy atom. The molecule has 11 heteroatoms. The summed E-state index contributed by atoms with van der Waals surface area (Å²) in [7, 11) is 3.04. The highest BCUT2D eigenvalue weighted by molar-refractivity contribution is 14.1. The first-order valence-corrected chi connectivity index (χ1v) is 8.91. The average Bonchev–Trinajstić information content (AvgIpc) is 2.72. The Labute approximate surface area is 190 Å². The van der Waals surface area contributed by atoms with Gasteiger partial charge in [0.25, 0.3) is 0 Å². The zero-order chi connectivity index (χ0) is 25.6. The number of rotatable bonds is 6. The molecule has 2 N–H and O–H groups in total. The summed E-state index contributed by atoms with van der Waals surface area (Å²) in [4.78, 5) is 17.1. The molecule has 2 rings (SSSR count). The maximum atomic E-state index is 10.1. The first-order chi connectivity index (χ1) is 15.3. The van der Waals surface area contributed by atoms with E-state index in [9.17, 15) is 20.2 Å². The van der Waals surface area contributed by atoms with Crippen molar-refractivity contribution in [3.8, 4) is 23.0 Å². The molecule has 2 aromatic carbocycles. The van der Waals surface area contributed by atoms with Gasteiger partial charge in [-0.2, -0.15) is 0 Å². The van der Waals surface area contributed by atoms with Crippen molar-refractivity contribution in [1.82, 2.24) is 0 Å². The van der Waals surface area contributed by atoms with E-state index in [-0.39, 0.29) is 11.5 Å². The van der Waals surface area contributed by atoms with E-state index in [0.29, 0.717) is 22.6 Å². The van der Waals surface area contributed by atoms with Crippen molar-refractivity contribution >= 4 is 34.7 Å². The third-order valence-corrected chi connectivity index (χ3v) is 3.18. The molecular weight excluding hydrogens is 511 g/mol. The molecule has 0 bridgehead atoms. The maximum Gasteiger partial charge on any atom is 0.235 e. The Morgan fingerprint density at radius 3 is 1.80 bits per heavy atom. The highest BCUT2D eigenvalue weighted by atomic mass is 127. The number of methoxy groups -OCH3 is 2. The number of nitrogens with zero attached hydrogens (tertiary/aromatic N) is 2. The lowest BCUT2D eigenvalue weighted by Crippen LogP contribution is -1.90. The van der Waals surface area contributed by atoms with Crippen LogP contribution in [0.5, 0.6) is 23.0 Å². The molecule has 10 nitrogen and oxygen atoms in total. The third kappa shape index (κ3) is 10.3. The molecule has 0 radical (unpaired) electrons. The molecule has 0 aliphatic heterocycles. The zero-order valence-corrected chi connectivity index (χ0v) is 18.0. The number of aromatic hydroxyl groups is 2. The van der Waals surface area contributed by atoms with E-state index in [0.717, 1.165) is 12.4 Å². The Bertz CT molecular complexity index is 991. The van der Waals surface area contributed by atoms with Crippen molar-refractivity contribution in [3.05, 3.63) is 80.2 Å². The van der Waals surface area contributed by atoms with Gasteiger partial charge in [0.1, 0.15) is 0 Å². The molecule has 0 heterocycles. The fourth-order valence-corrected chi connectivity index (χ4v) is 1.89. The Balaban J connectivity index is 0.000000520. The predicted octanol–water partition coefficient (Wildman–Crippen LogP) is 4.35. The van der Waals surface area contributed by atoms with Gasteiger partial charge in [0.2, 0.25) is 12.4 Å². The number of nitro groups is 2. The van der Waals surface area contributed by atoms with Crippen molar-refractivity contribution in [2.45, 2.75) is 0 Å². The fourth-order valence-electron chi connectivity index (χ4n) is 1.89. The molecule has 0 spiro atoms. The van der Waals surface area contributed by atoms with Gasteiger partial charge >= 0.3 is 0 Å². The summed E-state index contributed by atoms with van der Waals surface area (Å²) >= 11 is 1.38. The smallest absolute Gasteiger partial charge is 0.235 e. The Hall–Kier alpha value is -3.35. The molecule has 0 unspecified atom stereocenters. The molecule has 0 saturated carbocycles. The minimum Gasteiger partial charge on any atom is -0.504 e. The minimum atomic E-state index is -1.78. The lowest BCUT2D eigenvalue weighted by molar-refractivity contribution is -0.401. The first kappa shape index (κ1) is 21.4. The molecule has 162 valence electrons. The lowest BCUT2D eigenvalue weighted by atomic mass is 10.2. The van der Waals surface area contributed by atoms with Crippen LogP contribution in [0.4, 0.5) is 0 Å². The van der Waals surface area contributed by atoms with Crippen molar-refractivity contribution in [2.24, 2.45) is 0 Å². The van der Waals surface area contributed by atoms with Gasteiger partial charge in [0, 0.05) is 16.3 Å².